The van der Waals surface area contributed by atoms with Gasteiger partial charge in [0, 0.05) is 6.07 Å². The van der Waals surface area contributed by atoms with Gasteiger partial charge in [-0.1, -0.05) is 31.6 Å². The molecule has 0 aromatic heterocycles. The summed E-state index contributed by atoms with van der Waals surface area (Å²) < 4.78 is 19.7. The van der Waals surface area contributed by atoms with Gasteiger partial charge in [0.1, 0.15) is 18.2 Å². The van der Waals surface area contributed by atoms with Crippen LogP contribution in [0.5, 0.6) is 5.75 Å². The number of halogens is 1. The molecule has 0 radical (unpaired) electrons. The first kappa shape index (κ1) is 14.9. The Bertz CT molecular complexity index is 501. The number of aliphatic hydroxyl groups excluding tert-OH is 1. The summed E-state index contributed by atoms with van der Waals surface area (Å²) in [6.45, 7) is 1.94. The molecule has 1 fully saturated rings. The van der Waals surface area contributed by atoms with Crippen molar-refractivity contribution in [2.75, 3.05) is 6.61 Å². The molecule has 2 rings (SSSR count). The Morgan fingerprint density at radius 3 is 2.95 bits per heavy atom. The van der Waals surface area contributed by atoms with Gasteiger partial charge in [0.15, 0.2) is 0 Å². The van der Waals surface area contributed by atoms with E-state index in [2.05, 4.69) is 18.8 Å². The van der Waals surface area contributed by atoms with Crippen molar-refractivity contribution in [3.05, 3.63) is 29.6 Å². The lowest BCUT2D eigenvalue weighted by atomic mass is 9.85. The normalized spacial score (nSPS) is 21.9. The fraction of sp³-hybridized carbons (Fsp3) is 0.529. The molecule has 0 saturated heterocycles. The van der Waals surface area contributed by atoms with Gasteiger partial charge < -0.3 is 9.84 Å². The quantitative estimate of drug-likeness (QED) is 0.856. The van der Waals surface area contributed by atoms with Gasteiger partial charge in [0.2, 0.25) is 0 Å². The van der Waals surface area contributed by atoms with Crippen LogP contribution in [-0.4, -0.2) is 17.8 Å². The Morgan fingerprint density at radius 2 is 2.25 bits per heavy atom. The van der Waals surface area contributed by atoms with E-state index < -0.39 is 5.82 Å². The smallest absolute Gasteiger partial charge is 0.142 e. The van der Waals surface area contributed by atoms with E-state index >= 15 is 0 Å². The van der Waals surface area contributed by atoms with E-state index in [0.717, 1.165) is 18.8 Å². The summed E-state index contributed by atoms with van der Waals surface area (Å²) in [6.07, 6.45) is 5.95. The fourth-order valence-electron chi connectivity index (χ4n) is 2.72. The minimum Gasteiger partial charge on any atom is -0.490 e. The van der Waals surface area contributed by atoms with Crippen molar-refractivity contribution in [3.63, 3.8) is 0 Å². The van der Waals surface area contributed by atoms with Crippen molar-refractivity contribution in [1.82, 2.24) is 0 Å². The zero-order valence-corrected chi connectivity index (χ0v) is 11.9. The molecule has 0 heterocycles. The summed E-state index contributed by atoms with van der Waals surface area (Å²) in [4.78, 5) is 0. The van der Waals surface area contributed by atoms with Crippen LogP contribution in [0.25, 0.3) is 0 Å². The van der Waals surface area contributed by atoms with Crippen LogP contribution in [0.3, 0.4) is 0 Å². The van der Waals surface area contributed by atoms with E-state index in [1.807, 2.05) is 0 Å². The molecule has 2 nitrogen and oxygen atoms in total. The summed E-state index contributed by atoms with van der Waals surface area (Å²) in [5, 5.41) is 8.62. The van der Waals surface area contributed by atoms with E-state index in [4.69, 9.17) is 9.84 Å². The van der Waals surface area contributed by atoms with Gasteiger partial charge in [-0.3, -0.25) is 0 Å². The van der Waals surface area contributed by atoms with E-state index in [0.29, 0.717) is 11.3 Å². The highest BCUT2D eigenvalue weighted by molar-refractivity contribution is 5.39. The first-order valence-electron chi connectivity index (χ1n) is 7.28. The average molecular weight is 276 g/mol. The molecule has 0 amide bonds. The van der Waals surface area contributed by atoms with Crippen LogP contribution in [0, 0.1) is 23.6 Å². The third-order valence-corrected chi connectivity index (χ3v) is 3.86. The lowest BCUT2D eigenvalue weighted by Gasteiger charge is -2.29. The maximum absolute atomic E-state index is 13.8. The minimum atomic E-state index is -0.397. The molecular formula is C17H21FO2. The van der Waals surface area contributed by atoms with Crippen LogP contribution >= 0.6 is 0 Å². The van der Waals surface area contributed by atoms with E-state index in [9.17, 15) is 4.39 Å². The Hall–Kier alpha value is -1.53. The number of hydrogen-bond donors (Lipinski definition) is 1. The third kappa shape index (κ3) is 3.98. The number of ether oxygens (including phenoxy) is 1. The molecule has 2 unspecified atom stereocenters. The predicted molar refractivity (Wildman–Crippen MR) is 77.0 cm³/mol. The van der Waals surface area contributed by atoms with Gasteiger partial charge >= 0.3 is 0 Å². The van der Waals surface area contributed by atoms with Crippen molar-refractivity contribution in [1.29, 1.82) is 0 Å². The highest BCUT2D eigenvalue weighted by Crippen LogP contribution is 2.30. The number of rotatable bonds is 3. The van der Waals surface area contributed by atoms with Gasteiger partial charge in [-0.2, -0.15) is 0 Å². The molecule has 2 atom stereocenters. The third-order valence-electron chi connectivity index (χ3n) is 3.86. The zero-order chi connectivity index (χ0) is 14.4. The molecule has 20 heavy (non-hydrogen) atoms. The summed E-state index contributed by atoms with van der Waals surface area (Å²) in [5.74, 6) is 5.92. The molecule has 1 saturated carbocycles. The molecule has 0 spiro atoms. The van der Waals surface area contributed by atoms with Gasteiger partial charge in [-0.15, -0.1) is 0 Å². The van der Waals surface area contributed by atoms with Crippen molar-refractivity contribution in [2.45, 2.75) is 45.1 Å². The minimum absolute atomic E-state index is 0.197. The first-order valence-corrected chi connectivity index (χ1v) is 7.28. The van der Waals surface area contributed by atoms with Crippen LogP contribution in [0.15, 0.2) is 18.2 Å². The van der Waals surface area contributed by atoms with Crippen LogP contribution in [0.2, 0.25) is 0 Å². The Labute approximate surface area is 120 Å². The SMILES string of the molecule is CCC1CCCC(Oc2ccc(C#CCO)c(F)c2)C1. The zero-order valence-electron chi connectivity index (χ0n) is 11.9. The molecule has 3 heteroatoms. The molecule has 1 aliphatic carbocycles. The molecule has 1 N–H and O–H groups in total. The lowest BCUT2D eigenvalue weighted by Crippen LogP contribution is -2.25. The van der Waals surface area contributed by atoms with Crippen LogP contribution in [0.1, 0.15) is 44.6 Å². The van der Waals surface area contributed by atoms with E-state index in [-0.39, 0.29) is 12.7 Å². The van der Waals surface area contributed by atoms with Crippen LogP contribution in [-0.2, 0) is 0 Å². The highest BCUT2D eigenvalue weighted by Gasteiger charge is 2.22. The Morgan fingerprint density at radius 1 is 1.40 bits per heavy atom. The van der Waals surface area contributed by atoms with Crippen molar-refractivity contribution < 1.29 is 14.2 Å². The maximum Gasteiger partial charge on any atom is 0.142 e. The Kier molecular flexibility index (Phi) is 5.43. The number of benzene rings is 1. The molecule has 1 aliphatic rings. The molecule has 1 aromatic carbocycles. The van der Waals surface area contributed by atoms with Crippen molar-refractivity contribution >= 4 is 0 Å². The van der Waals surface area contributed by atoms with Crippen LogP contribution < -0.4 is 4.74 Å². The second-order valence-electron chi connectivity index (χ2n) is 5.28. The van der Waals surface area contributed by atoms with Crippen molar-refractivity contribution in [3.8, 4) is 17.6 Å². The average Bonchev–Trinajstić information content (AvgIpc) is 2.47. The fourth-order valence-corrected chi connectivity index (χ4v) is 2.72. The second kappa shape index (κ2) is 7.31. The number of hydrogen-bond acceptors (Lipinski definition) is 2. The van der Waals surface area contributed by atoms with Gasteiger partial charge in [0.05, 0.1) is 11.7 Å². The molecular weight excluding hydrogens is 255 g/mol. The molecule has 0 aliphatic heterocycles. The number of aliphatic hydroxyl groups is 1. The largest absolute Gasteiger partial charge is 0.490 e. The van der Waals surface area contributed by atoms with E-state index in [1.165, 1.54) is 25.3 Å². The maximum atomic E-state index is 13.8. The van der Waals surface area contributed by atoms with Crippen molar-refractivity contribution in [2.24, 2.45) is 5.92 Å². The molecule has 108 valence electrons. The first-order chi connectivity index (χ1) is 9.72. The molecule has 0 bridgehead atoms. The second-order valence-corrected chi connectivity index (χ2v) is 5.28. The highest BCUT2D eigenvalue weighted by atomic mass is 19.1. The summed E-state index contributed by atoms with van der Waals surface area (Å²) in [6, 6.07) is 4.74. The summed E-state index contributed by atoms with van der Waals surface area (Å²) >= 11 is 0. The standard InChI is InChI=1S/C17H21FO2/c1-2-13-5-3-7-15(11-13)20-16-9-8-14(6-4-10-19)17(18)12-16/h8-9,12-13,15,19H,2-3,5,7,10-11H2,1H3. The van der Waals surface area contributed by atoms with Gasteiger partial charge in [0.25, 0.3) is 0 Å². The topological polar surface area (TPSA) is 29.5 Å². The summed E-state index contributed by atoms with van der Waals surface area (Å²) in [7, 11) is 0. The van der Waals surface area contributed by atoms with E-state index in [1.54, 1.807) is 12.1 Å². The van der Waals surface area contributed by atoms with Gasteiger partial charge in [-0.05, 0) is 37.3 Å². The predicted octanol–water partition coefficient (Wildman–Crippen LogP) is 3.52. The van der Waals surface area contributed by atoms with Crippen LogP contribution in [0.4, 0.5) is 4.39 Å². The summed E-state index contributed by atoms with van der Waals surface area (Å²) in [5.41, 5.74) is 0.293. The van der Waals surface area contributed by atoms with Gasteiger partial charge in [-0.25, -0.2) is 4.39 Å². The monoisotopic (exact) mass is 276 g/mol. The molecule has 1 aromatic rings. The lowest BCUT2D eigenvalue weighted by molar-refractivity contribution is 0.121. The Balaban J connectivity index is 2.01.